The number of rotatable bonds is 5. The Kier molecular flexibility index (Phi) is 4.47. The zero-order valence-electron chi connectivity index (χ0n) is 10.5. The van der Waals surface area contributed by atoms with Crippen LogP contribution >= 0.6 is 11.6 Å². The van der Waals surface area contributed by atoms with Crippen LogP contribution in [0.1, 0.15) is 10.4 Å². The van der Waals surface area contributed by atoms with Crippen molar-refractivity contribution in [1.29, 1.82) is 0 Å². The van der Waals surface area contributed by atoms with Gasteiger partial charge in [0.25, 0.3) is 5.91 Å². The zero-order chi connectivity index (χ0) is 13.7. The molecule has 0 spiro atoms. The predicted octanol–water partition coefficient (Wildman–Crippen LogP) is 3.08. The van der Waals surface area contributed by atoms with Crippen molar-refractivity contribution in [1.82, 2.24) is 4.90 Å². The van der Waals surface area contributed by atoms with Crippen molar-refractivity contribution in [2.24, 2.45) is 0 Å². The topological polar surface area (TPSA) is 42.7 Å². The number of hydrogen-bond donors (Lipinski definition) is 0. The first-order valence-electron chi connectivity index (χ1n) is 5.83. The lowest BCUT2D eigenvalue weighted by Crippen LogP contribution is -2.30. The number of hydrogen-bond acceptors (Lipinski definition) is 3. The van der Waals surface area contributed by atoms with Crippen LogP contribution < -0.4 is 4.74 Å². The second-order valence-corrected chi connectivity index (χ2v) is 4.48. The molecule has 1 aromatic carbocycles. The van der Waals surface area contributed by atoms with Crippen LogP contribution in [0.4, 0.5) is 0 Å². The van der Waals surface area contributed by atoms with E-state index >= 15 is 0 Å². The van der Waals surface area contributed by atoms with Crippen molar-refractivity contribution in [3.8, 4) is 5.75 Å². The van der Waals surface area contributed by atoms with Crippen LogP contribution in [-0.2, 0) is 0 Å². The third kappa shape index (κ3) is 3.76. The van der Waals surface area contributed by atoms with Crippen molar-refractivity contribution < 1.29 is 13.9 Å². The van der Waals surface area contributed by atoms with E-state index in [-0.39, 0.29) is 5.91 Å². The summed E-state index contributed by atoms with van der Waals surface area (Å²) in [5.41, 5.74) is 0.533. The van der Waals surface area contributed by atoms with Gasteiger partial charge < -0.3 is 14.1 Å². The molecule has 1 aromatic heterocycles. The fourth-order valence-electron chi connectivity index (χ4n) is 1.57. The van der Waals surface area contributed by atoms with E-state index < -0.39 is 0 Å². The van der Waals surface area contributed by atoms with Crippen molar-refractivity contribution in [3.05, 3.63) is 53.4 Å². The van der Waals surface area contributed by atoms with Gasteiger partial charge in [-0.15, -0.1) is 0 Å². The van der Waals surface area contributed by atoms with Crippen molar-refractivity contribution >= 4 is 17.5 Å². The average Bonchev–Trinajstić information content (AvgIpc) is 2.91. The lowest BCUT2D eigenvalue weighted by Gasteiger charge is -2.16. The minimum absolute atomic E-state index is 0.0940. The summed E-state index contributed by atoms with van der Waals surface area (Å²) in [7, 11) is 1.72. The third-order valence-electron chi connectivity index (χ3n) is 2.61. The summed E-state index contributed by atoms with van der Waals surface area (Å²) in [6.07, 6.45) is 2.90. The summed E-state index contributed by atoms with van der Waals surface area (Å²) in [5, 5.41) is 0.625. The second-order valence-electron chi connectivity index (χ2n) is 4.04. The monoisotopic (exact) mass is 279 g/mol. The number of carbonyl (C=O) groups excluding carboxylic acids is 1. The normalized spacial score (nSPS) is 10.2. The predicted molar refractivity (Wildman–Crippen MR) is 72.6 cm³/mol. The van der Waals surface area contributed by atoms with Crippen LogP contribution in [-0.4, -0.2) is 31.0 Å². The lowest BCUT2D eigenvalue weighted by atomic mass is 10.3. The van der Waals surface area contributed by atoms with Gasteiger partial charge in [-0.25, -0.2) is 0 Å². The van der Waals surface area contributed by atoms with E-state index in [1.807, 2.05) is 12.1 Å². The van der Waals surface area contributed by atoms with Crippen LogP contribution in [0.5, 0.6) is 5.75 Å². The Hall–Kier alpha value is -1.94. The maximum Gasteiger partial charge on any atom is 0.256 e. The molecule has 0 aliphatic carbocycles. The highest BCUT2D eigenvalue weighted by molar-refractivity contribution is 6.30. The first-order chi connectivity index (χ1) is 9.16. The molecule has 19 heavy (non-hydrogen) atoms. The molecule has 0 fully saturated rings. The summed E-state index contributed by atoms with van der Waals surface area (Å²) in [6.45, 7) is 0.886. The van der Waals surface area contributed by atoms with Gasteiger partial charge in [-0.3, -0.25) is 4.79 Å². The van der Waals surface area contributed by atoms with Gasteiger partial charge in [0.15, 0.2) is 0 Å². The van der Waals surface area contributed by atoms with Crippen molar-refractivity contribution in [2.45, 2.75) is 0 Å². The Morgan fingerprint density at radius 3 is 2.95 bits per heavy atom. The van der Waals surface area contributed by atoms with Crippen LogP contribution in [0.3, 0.4) is 0 Å². The molecule has 1 heterocycles. The first kappa shape index (κ1) is 13.5. The standard InChI is InChI=1S/C14H14ClNO3/c1-16(14(17)11-5-7-18-10-11)6-8-19-13-4-2-3-12(15)9-13/h2-5,7,9-10H,6,8H2,1H3. The van der Waals surface area contributed by atoms with Gasteiger partial charge in [-0.2, -0.15) is 0 Å². The number of ether oxygens (including phenoxy) is 1. The molecule has 0 radical (unpaired) electrons. The molecular formula is C14H14ClNO3. The maximum absolute atomic E-state index is 11.9. The lowest BCUT2D eigenvalue weighted by molar-refractivity contribution is 0.0773. The number of likely N-dealkylation sites (N-methyl/N-ethyl adjacent to an activating group) is 1. The van der Waals surface area contributed by atoms with E-state index in [1.165, 1.54) is 12.5 Å². The smallest absolute Gasteiger partial charge is 0.256 e. The Labute approximate surface area is 116 Å². The van der Waals surface area contributed by atoms with Crippen LogP contribution in [0.15, 0.2) is 47.3 Å². The molecule has 0 aliphatic rings. The molecule has 0 saturated carbocycles. The van der Waals surface area contributed by atoms with E-state index in [4.69, 9.17) is 20.8 Å². The summed E-state index contributed by atoms with van der Waals surface area (Å²) in [4.78, 5) is 13.5. The molecule has 2 aromatic rings. The Morgan fingerprint density at radius 1 is 1.42 bits per heavy atom. The number of carbonyl (C=O) groups is 1. The fourth-order valence-corrected chi connectivity index (χ4v) is 1.75. The summed E-state index contributed by atoms with van der Waals surface area (Å²) in [6, 6.07) is 8.79. The molecule has 100 valence electrons. The van der Waals surface area contributed by atoms with Gasteiger partial charge in [0.1, 0.15) is 18.6 Å². The molecular weight excluding hydrogens is 266 g/mol. The molecule has 0 saturated heterocycles. The van der Waals surface area contributed by atoms with Crippen LogP contribution in [0, 0.1) is 0 Å². The highest BCUT2D eigenvalue weighted by Gasteiger charge is 2.12. The third-order valence-corrected chi connectivity index (χ3v) is 2.84. The number of furan rings is 1. The summed E-state index contributed by atoms with van der Waals surface area (Å²) in [5.74, 6) is 0.597. The summed E-state index contributed by atoms with van der Waals surface area (Å²) >= 11 is 5.85. The molecule has 0 aliphatic heterocycles. The number of halogens is 1. The number of amides is 1. The highest BCUT2D eigenvalue weighted by atomic mass is 35.5. The maximum atomic E-state index is 11.9. The van der Waals surface area contributed by atoms with E-state index in [2.05, 4.69) is 0 Å². The van der Waals surface area contributed by atoms with Gasteiger partial charge >= 0.3 is 0 Å². The molecule has 2 rings (SSSR count). The van der Waals surface area contributed by atoms with Gasteiger partial charge in [0.05, 0.1) is 18.4 Å². The minimum Gasteiger partial charge on any atom is -0.492 e. The van der Waals surface area contributed by atoms with Gasteiger partial charge in [-0.05, 0) is 24.3 Å². The van der Waals surface area contributed by atoms with E-state index in [0.717, 1.165) is 0 Å². The van der Waals surface area contributed by atoms with Gasteiger partial charge in [-0.1, -0.05) is 17.7 Å². The molecule has 5 heteroatoms. The first-order valence-corrected chi connectivity index (χ1v) is 6.20. The number of benzene rings is 1. The van der Waals surface area contributed by atoms with E-state index in [1.54, 1.807) is 30.1 Å². The van der Waals surface area contributed by atoms with Crippen LogP contribution in [0.25, 0.3) is 0 Å². The Balaban J connectivity index is 1.81. The average molecular weight is 280 g/mol. The van der Waals surface area contributed by atoms with Crippen molar-refractivity contribution in [3.63, 3.8) is 0 Å². The zero-order valence-corrected chi connectivity index (χ0v) is 11.3. The SMILES string of the molecule is CN(CCOc1cccc(Cl)c1)C(=O)c1ccoc1. The quantitative estimate of drug-likeness (QED) is 0.845. The van der Waals surface area contributed by atoms with Gasteiger partial charge in [0, 0.05) is 12.1 Å². The minimum atomic E-state index is -0.0940. The van der Waals surface area contributed by atoms with Crippen molar-refractivity contribution in [2.75, 3.05) is 20.2 Å². The van der Waals surface area contributed by atoms with Gasteiger partial charge in [0.2, 0.25) is 0 Å². The molecule has 1 amide bonds. The number of nitrogens with zero attached hydrogens (tertiary/aromatic N) is 1. The Morgan fingerprint density at radius 2 is 2.26 bits per heavy atom. The molecule has 0 N–H and O–H groups in total. The van der Waals surface area contributed by atoms with Crippen LogP contribution in [0.2, 0.25) is 5.02 Å². The molecule has 0 unspecified atom stereocenters. The largest absolute Gasteiger partial charge is 0.492 e. The molecule has 0 atom stereocenters. The van der Waals surface area contributed by atoms with E-state index in [0.29, 0.717) is 29.5 Å². The summed E-state index contributed by atoms with van der Waals surface area (Å²) < 4.78 is 10.4. The molecule has 0 bridgehead atoms. The second kappa shape index (κ2) is 6.29. The fraction of sp³-hybridized carbons (Fsp3) is 0.214. The Bertz CT molecular complexity index is 539. The molecule has 4 nitrogen and oxygen atoms in total. The highest BCUT2D eigenvalue weighted by Crippen LogP contribution is 2.16. The van der Waals surface area contributed by atoms with E-state index in [9.17, 15) is 4.79 Å².